The number of nitroso groups, excluding NO2 is 1. The van der Waals surface area contributed by atoms with Crippen LogP contribution in [0.4, 0.5) is 5.69 Å². The highest BCUT2D eigenvalue weighted by molar-refractivity contribution is 5.99. The topological polar surface area (TPSA) is 54.6 Å². The molecule has 0 fully saturated rings. The molecule has 0 saturated carbocycles. The number of rotatable bonds is 3. The standard InChI is InChI=1S/C13H16N2O2/c1-4-7-15-12-9(3)6-5-8(2)10(12)11(14-17)13(15)16/h5-6,16H,4,7H2,1-3H3. The van der Waals surface area contributed by atoms with Gasteiger partial charge in [0.2, 0.25) is 5.88 Å². The lowest BCUT2D eigenvalue weighted by atomic mass is 10.1. The van der Waals surface area contributed by atoms with Crippen molar-refractivity contribution in [2.45, 2.75) is 33.7 Å². The van der Waals surface area contributed by atoms with Crippen molar-refractivity contribution in [3.63, 3.8) is 0 Å². The van der Waals surface area contributed by atoms with Gasteiger partial charge in [-0.15, -0.1) is 4.91 Å². The molecular formula is C13H16N2O2. The predicted molar refractivity (Wildman–Crippen MR) is 68.8 cm³/mol. The quantitative estimate of drug-likeness (QED) is 0.819. The lowest BCUT2D eigenvalue weighted by Gasteiger charge is -2.07. The zero-order valence-corrected chi connectivity index (χ0v) is 10.3. The zero-order valence-electron chi connectivity index (χ0n) is 10.3. The van der Waals surface area contributed by atoms with E-state index in [0.29, 0.717) is 6.54 Å². The lowest BCUT2D eigenvalue weighted by molar-refractivity contribution is 0.421. The molecule has 0 aliphatic heterocycles. The molecule has 0 bridgehead atoms. The molecule has 0 unspecified atom stereocenters. The molecule has 0 radical (unpaired) electrons. The highest BCUT2D eigenvalue weighted by atomic mass is 16.3. The molecule has 4 nitrogen and oxygen atoms in total. The summed E-state index contributed by atoms with van der Waals surface area (Å²) in [6.45, 7) is 6.61. The minimum Gasteiger partial charge on any atom is -0.493 e. The first-order valence-electron chi connectivity index (χ1n) is 5.76. The molecule has 17 heavy (non-hydrogen) atoms. The normalized spacial score (nSPS) is 11.0. The van der Waals surface area contributed by atoms with Gasteiger partial charge in [-0.25, -0.2) is 0 Å². The third kappa shape index (κ3) is 1.60. The van der Waals surface area contributed by atoms with Crippen molar-refractivity contribution >= 4 is 16.6 Å². The van der Waals surface area contributed by atoms with E-state index >= 15 is 0 Å². The van der Waals surface area contributed by atoms with Gasteiger partial charge in [-0.1, -0.05) is 19.1 Å². The number of aromatic nitrogens is 1. The van der Waals surface area contributed by atoms with Gasteiger partial charge >= 0.3 is 0 Å². The number of aromatic hydroxyl groups is 1. The first kappa shape index (κ1) is 11.6. The van der Waals surface area contributed by atoms with E-state index in [4.69, 9.17) is 0 Å². The summed E-state index contributed by atoms with van der Waals surface area (Å²) < 4.78 is 1.77. The molecule has 0 aliphatic rings. The molecule has 1 aromatic heterocycles. The molecule has 1 N–H and O–H groups in total. The maximum Gasteiger partial charge on any atom is 0.222 e. The maximum atomic E-state index is 10.9. The Morgan fingerprint density at radius 1 is 1.29 bits per heavy atom. The first-order chi connectivity index (χ1) is 8.11. The van der Waals surface area contributed by atoms with Crippen LogP contribution in [-0.2, 0) is 6.54 Å². The molecule has 0 amide bonds. The molecule has 2 rings (SSSR count). The smallest absolute Gasteiger partial charge is 0.222 e. The highest BCUT2D eigenvalue weighted by Crippen LogP contribution is 2.41. The van der Waals surface area contributed by atoms with E-state index in [-0.39, 0.29) is 11.6 Å². The average Bonchev–Trinajstić information content (AvgIpc) is 2.59. The highest BCUT2D eigenvalue weighted by Gasteiger charge is 2.19. The van der Waals surface area contributed by atoms with E-state index in [1.807, 2.05) is 32.9 Å². The van der Waals surface area contributed by atoms with Gasteiger partial charge in [-0.3, -0.25) is 0 Å². The van der Waals surface area contributed by atoms with Crippen molar-refractivity contribution in [3.05, 3.63) is 28.2 Å². The number of hydrogen-bond donors (Lipinski definition) is 1. The average molecular weight is 232 g/mol. The van der Waals surface area contributed by atoms with Crippen molar-refractivity contribution in [3.8, 4) is 5.88 Å². The van der Waals surface area contributed by atoms with Crippen LogP contribution in [0.25, 0.3) is 10.9 Å². The minimum atomic E-state index is -0.0192. The van der Waals surface area contributed by atoms with Crippen molar-refractivity contribution < 1.29 is 5.11 Å². The van der Waals surface area contributed by atoms with E-state index in [0.717, 1.165) is 28.5 Å². The largest absolute Gasteiger partial charge is 0.493 e. The van der Waals surface area contributed by atoms with Crippen molar-refractivity contribution in [1.82, 2.24) is 4.57 Å². The Hall–Kier alpha value is -1.84. The summed E-state index contributed by atoms with van der Waals surface area (Å²) in [5.74, 6) is -0.0192. The fourth-order valence-electron chi connectivity index (χ4n) is 2.32. The Kier molecular flexibility index (Phi) is 2.88. The number of fused-ring (bicyclic) bond motifs is 1. The summed E-state index contributed by atoms with van der Waals surface area (Å²) in [6.07, 6.45) is 0.892. The summed E-state index contributed by atoms with van der Waals surface area (Å²) in [5.41, 5.74) is 3.09. The SMILES string of the molecule is CCCn1c(O)c(N=O)c2c(C)ccc(C)c21. The van der Waals surface area contributed by atoms with Crippen LogP contribution in [-0.4, -0.2) is 9.67 Å². The summed E-state index contributed by atoms with van der Waals surface area (Å²) >= 11 is 0. The third-order valence-electron chi connectivity index (χ3n) is 3.10. The molecule has 1 aromatic carbocycles. The van der Waals surface area contributed by atoms with Crippen LogP contribution in [0.1, 0.15) is 24.5 Å². The Labute approximate surface area is 99.8 Å². The Bertz CT molecular complexity index is 585. The zero-order chi connectivity index (χ0) is 12.6. The van der Waals surface area contributed by atoms with Gasteiger partial charge in [0.1, 0.15) is 0 Å². The van der Waals surface area contributed by atoms with Crippen molar-refractivity contribution in [2.75, 3.05) is 0 Å². The second-order valence-electron chi connectivity index (χ2n) is 4.34. The molecule has 4 heteroatoms. The molecule has 0 saturated heterocycles. The molecule has 0 atom stereocenters. The molecular weight excluding hydrogens is 216 g/mol. The Morgan fingerprint density at radius 2 is 1.94 bits per heavy atom. The fourth-order valence-corrected chi connectivity index (χ4v) is 2.32. The predicted octanol–water partition coefficient (Wildman–Crippen LogP) is 3.77. The van der Waals surface area contributed by atoms with Crippen molar-refractivity contribution in [1.29, 1.82) is 0 Å². The van der Waals surface area contributed by atoms with Gasteiger partial charge < -0.3 is 9.67 Å². The van der Waals surface area contributed by atoms with Crippen LogP contribution in [0.15, 0.2) is 17.3 Å². The van der Waals surface area contributed by atoms with Gasteiger partial charge in [0.25, 0.3) is 0 Å². The number of nitrogens with zero attached hydrogens (tertiary/aromatic N) is 2. The number of benzene rings is 1. The number of hydrogen-bond acceptors (Lipinski definition) is 3. The van der Waals surface area contributed by atoms with Gasteiger partial charge in [0.05, 0.1) is 5.52 Å². The van der Waals surface area contributed by atoms with E-state index in [1.54, 1.807) is 4.57 Å². The summed E-state index contributed by atoms with van der Waals surface area (Å²) in [5, 5.41) is 13.8. The molecule has 2 aromatic rings. The van der Waals surface area contributed by atoms with Crippen LogP contribution in [0, 0.1) is 18.8 Å². The molecule has 90 valence electrons. The minimum absolute atomic E-state index is 0.0192. The Morgan fingerprint density at radius 3 is 2.53 bits per heavy atom. The third-order valence-corrected chi connectivity index (χ3v) is 3.10. The Balaban J connectivity index is 2.94. The molecule has 0 aliphatic carbocycles. The monoisotopic (exact) mass is 232 g/mol. The summed E-state index contributed by atoms with van der Waals surface area (Å²) in [7, 11) is 0. The van der Waals surface area contributed by atoms with E-state index in [2.05, 4.69) is 5.18 Å². The second-order valence-corrected chi connectivity index (χ2v) is 4.34. The van der Waals surface area contributed by atoms with Gasteiger partial charge in [0, 0.05) is 11.9 Å². The van der Waals surface area contributed by atoms with Gasteiger partial charge in [-0.05, 0) is 36.6 Å². The van der Waals surface area contributed by atoms with Crippen LogP contribution >= 0.6 is 0 Å². The van der Waals surface area contributed by atoms with Crippen LogP contribution in [0.5, 0.6) is 5.88 Å². The summed E-state index contributed by atoms with van der Waals surface area (Å²) in [6, 6.07) is 3.94. The second kappa shape index (κ2) is 4.20. The molecule has 1 heterocycles. The maximum absolute atomic E-state index is 10.9. The van der Waals surface area contributed by atoms with E-state index < -0.39 is 0 Å². The van der Waals surface area contributed by atoms with Gasteiger partial charge in [0.15, 0.2) is 5.69 Å². The lowest BCUT2D eigenvalue weighted by Crippen LogP contribution is -1.97. The molecule has 0 spiro atoms. The van der Waals surface area contributed by atoms with Crippen LogP contribution in [0.3, 0.4) is 0 Å². The number of aryl methyl sites for hydroxylation is 3. The van der Waals surface area contributed by atoms with Crippen LogP contribution in [0.2, 0.25) is 0 Å². The van der Waals surface area contributed by atoms with Crippen LogP contribution < -0.4 is 0 Å². The van der Waals surface area contributed by atoms with E-state index in [1.165, 1.54) is 0 Å². The fraction of sp³-hybridized carbons (Fsp3) is 0.385. The van der Waals surface area contributed by atoms with Crippen molar-refractivity contribution in [2.24, 2.45) is 5.18 Å². The summed E-state index contributed by atoms with van der Waals surface area (Å²) in [4.78, 5) is 10.9. The van der Waals surface area contributed by atoms with E-state index in [9.17, 15) is 10.0 Å². The first-order valence-corrected chi connectivity index (χ1v) is 5.76. The van der Waals surface area contributed by atoms with Gasteiger partial charge in [-0.2, -0.15) is 0 Å².